The number of hydrogen-bond donors (Lipinski definition) is 0. The van der Waals surface area contributed by atoms with Crippen molar-refractivity contribution in [1.29, 1.82) is 0 Å². The maximum Gasteiger partial charge on any atom is 0.317 e. The van der Waals surface area contributed by atoms with Crippen molar-refractivity contribution in [1.82, 2.24) is 0 Å². The molecule has 0 aliphatic heterocycles. The van der Waals surface area contributed by atoms with Crippen molar-refractivity contribution in [2.45, 2.75) is 108 Å². The molecule has 2 fully saturated rings. The number of halogens is 3. The smallest absolute Gasteiger partial charge is 0.317 e. The molecule has 0 aromatic heterocycles. The topological polar surface area (TPSA) is 26.3 Å². The van der Waals surface area contributed by atoms with E-state index in [4.69, 9.17) is 4.74 Å². The van der Waals surface area contributed by atoms with Crippen LogP contribution in [0.5, 0.6) is 0 Å². The molecule has 5 heteroatoms. The van der Waals surface area contributed by atoms with Crippen LogP contribution >= 0.6 is 0 Å². The zero-order valence-corrected chi connectivity index (χ0v) is 17.5. The fraction of sp³-hybridized carbons (Fsp3) is 0.708. The summed E-state index contributed by atoms with van der Waals surface area (Å²) in [6.07, 6.45) is 12.5. The highest BCUT2D eigenvalue weighted by molar-refractivity contribution is 5.84. The van der Waals surface area contributed by atoms with E-state index in [-0.39, 0.29) is 11.5 Å². The van der Waals surface area contributed by atoms with Gasteiger partial charge in [0.1, 0.15) is 5.60 Å². The highest BCUT2D eigenvalue weighted by Gasteiger charge is 2.47. The molecule has 0 saturated heterocycles. The summed E-state index contributed by atoms with van der Waals surface area (Å²) in [6.45, 7) is 2.15. The summed E-state index contributed by atoms with van der Waals surface area (Å²) in [5.41, 5.74) is -1.33. The third-order valence-corrected chi connectivity index (χ3v) is 6.94. The fourth-order valence-electron chi connectivity index (χ4n) is 5.19. The second-order valence-corrected chi connectivity index (χ2v) is 8.99. The zero-order valence-electron chi connectivity index (χ0n) is 17.5. The molecule has 2 saturated carbocycles. The van der Waals surface area contributed by atoms with Gasteiger partial charge in [-0.3, -0.25) is 4.79 Å². The first-order valence-electron chi connectivity index (χ1n) is 11.3. The van der Waals surface area contributed by atoms with Gasteiger partial charge in [-0.05, 0) is 69.1 Å². The molecule has 3 rings (SSSR count). The third kappa shape index (κ3) is 4.80. The van der Waals surface area contributed by atoms with Crippen molar-refractivity contribution in [3.63, 3.8) is 0 Å². The lowest BCUT2D eigenvalue weighted by atomic mass is 9.69. The summed E-state index contributed by atoms with van der Waals surface area (Å²) in [4.78, 5) is 13.6. The van der Waals surface area contributed by atoms with Crippen LogP contribution in [0.4, 0.5) is 13.2 Å². The number of hydrogen-bond acceptors (Lipinski definition) is 2. The molecule has 2 aliphatic carbocycles. The Morgan fingerprint density at radius 2 is 1.45 bits per heavy atom. The van der Waals surface area contributed by atoms with Crippen molar-refractivity contribution in [2.75, 3.05) is 0 Å². The highest BCUT2D eigenvalue weighted by atomic mass is 19.2. The van der Waals surface area contributed by atoms with Gasteiger partial charge in [0.05, 0.1) is 5.41 Å². The zero-order chi connectivity index (χ0) is 20.9. The van der Waals surface area contributed by atoms with Crippen LogP contribution in [0, 0.1) is 17.5 Å². The Morgan fingerprint density at radius 1 is 0.897 bits per heavy atom. The van der Waals surface area contributed by atoms with Gasteiger partial charge in [0.15, 0.2) is 17.5 Å². The van der Waals surface area contributed by atoms with Crippen LogP contribution in [0.3, 0.4) is 0 Å². The van der Waals surface area contributed by atoms with Crippen LogP contribution in [0.2, 0.25) is 0 Å². The van der Waals surface area contributed by atoms with Gasteiger partial charge in [-0.15, -0.1) is 0 Å². The van der Waals surface area contributed by atoms with Gasteiger partial charge in [-0.1, -0.05) is 45.4 Å². The van der Waals surface area contributed by atoms with Gasteiger partial charge >= 0.3 is 5.97 Å². The van der Waals surface area contributed by atoms with E-state index >= 15 is 0 Å². The SMILES string of the molecule is CCCCCC1(OC(=O)C2(c3cc(F)c(F)c(F)c3)CCCCC2)CCCCC1. The van der Waals surface area contributed by atoms with E-state index in [1.54, 1.807) is 0 Å². The second-order valence-electron chi connectivity index (χ2n) is 8.99. The Kier molecular flexibility index (Phi) is 7.28. The summed E-state index contributed by atoms with van der Waals surface area (Å²) in [5, 5.41) is 0. The number of ether oxygens (including phenoxy) is 1. The summed E-state index contributed by atoms with van der Waals surface area (Å²) in [7, 11) is 0. The predicted octanol–water partition coefficient (Wildman–Crippen LogP) is 7.13. The number of carbonyl (C=O) groups excluding carboxylic acids is 1. The number of rotatable bonds is 7. The average Bonchev–Trinajstić information content (AvgIpc) is 2.73. The minimum Gasteiger partial charge on any atom is -0.458 e. The molecule has 1 aromatic rings. The van der Waals surface area contributed by atoms with Gasteiger partial charge < -0.3 is 4.74 Å². The fourth-order valence-corrected chi connectivity index (χ4v) is 5.19. The van der Waals surface area contributed by atoms with Crippen LogP contribution in [0.1, 0.15) is 102 Å². The second kappa shape index (κ2) is 9.53. The number of carbonyl (C=O) groups is 1. The molecule has 0 unspecified atom stereocenters. The molecule has 0 amide bonds. The molecule has 0 spiro atoms. The van der Waals surface area contributed by atoms with Crippen molar-refractivity contribution in [3.8, 4) is 0 Å². The van der Waals surface area contributed by atoms with Crippen LogP contribution < -0.4 is 0 Å². The van der Waals surface area contributed by atoms with Crippen LogP contribution in [-0.2, 0) is 14.9 Å². The largest absolute Gasteiger partial charge is 0.458 e. The molecular formula is C24H33F3O2. The van der Waals surface area contributed by atoms with Gasteiger partial charge in [0, 0.05) is 0 Å². The Balaban J connectivity index is 1.90. The van der Waals surface area contributed by atoms with Gasteiger partial charge in [0.2, 0.25) is 0 Å². The van der Waals surface area contributed by atoms with Gasteiger partial charge in [0.25, 0.3) is 0 Å². The summed E-state index contributed by atoms with van der Waals surface area (Å²) in [6, 6.07) is 1.99. The lowest BCUT2D eigenvalue weighted by Crippen LogP contribution is -2.46. The lowest BCUT2D eigenvalue weighted by Gasteiger charge is -2.42. The third-order valence-electron chi connectivity index (χ3n) is 6.94. The van der Waals surface area contributed by atoms with Gasteiger partial charge in [-0.25, -0.2) is 13.2 Å². The highest BCUT2D eigenvalue weighted by Crippen LogP contribution is 2.44. The molecule has 2 aliphatic rings. The molecule has 0 radical (unpaired) electrons. The van der Waals surface area contributed by atoms with Crippen molar-refractivity contribution in [3.05, 3.63) is 35.1 Å². The molecular weight excluding hydrogens is 377 g/mol. The van der Waals surface area contributed by atoms with Crippen molar-refractivity contribution >= 4 is 5.97 Å². The minimum absolute atomic E-state index is 0.220. The molecule has 0 heterocycles. The quantitative estimate of drug-likeness (QED) is 0.271. The number of unbranched alkanes of at least 4 members (excludes halogenated alkanes) is 2. The molecule has 2 nitrogen and oxygen atoms in total. The standard InChI is InChI=1S/C24H33F3O2/c1-2-3-6-11-23(12-7-4-8-13-23)29-22(28)24(14-9-5-10-15-24)18-16-19(25)21(27)20(26)17-18/h16-17H,2-15H2,1H3. The summed E-state index contributed by atoms with van der Waals surface area (Å²) < 4.78 is 47.8. The first-order valence-corrected chi connectivity index (χ1v) is 11.3. The van der Waals surface area contributed by atoms with Crippen LogP contribution in [0.25, 0.3) is 0 Å². The maximum absolute atomic E-state index is 14.0. The Bertz CT molecular complexity index is 681. The van der Waals surface area contributed by atoms with E-state index in [0.29, 0.717) is 12.8 Å². The molecule has 0 N–H and O–H groups in total. The van der Waals surface area contributed by atoms with E-state index in [0.717, 1.165) is 89.2 Å². The monoisotopic (exact) mass is 410 g/mol. The lowest BCUT2D eigenvalue weighted by molar-refractivity contribution is -0.173. The van der Waals surface area contributed by atoms with E-state index in [1.165, 1.54) is 0 Å². The number of benzene rings is 1. The van der Waals surface area contributed by atoms with E-state index < -0.39 is 28.5 Å². The Labute approximate surface area is 172 Å². The van der Waals surface area contributed by atoms with E-state index in [2.05, 4.69) is 6.92 Å². The van der Waals surface area contributed by atoms with E-state index in [9.17, 15) is 18.0 Å². The first-order chi connectivity index (χ1) is 13.9. The van der Waals surface area contributed by atoms with E-state index in [1.807, 2.05) is 0 Å². The normalized spacial score (nSPS) is 21.0. The van der Waals surface area contributed by atoms with Crippen molar-refractivity contribution in [2.24, 2.45) is 0 Å². The van der Waals surface area contributed by atoms with Crippen LogP contribution in [0.15, 0.2) is 12.1 Å². The maximum atomic E-state index is 14.0. The average molecular weight is 411 g/mol. The molecule has 0 bridgehead atoms. The van der Waals surface area contributed by atoms with Crippen molar-refractivity contribution < 1.29 is 22.7 Å². The summed E-state index contributed by atoms with van der Waals surface area (Å²) in [5.74, 6) is -4.35. The molecule has 162 valence electrons. The Morgan fingerprint density at radius 3 is 2.00 bits per heavy atom. The number of esters is 1. The predicted molar refractivity (Wildman–Crippen MR) is 107 cm³/mol. The minimum atomic E-state index is -1.49. The first kappa shape index (κ1) is 22.2. The Hall–Kier alpha value is -1.52. The summed E-state index contributed by atoms with van der Waals surface area (Å²) >= 11 is 0. The van der Waals surface area contributed by atoms with Gasteiger partial charge in [-0.2, -0.15) is 0 Å². The van der Waals surface area contributed by atoms with Crippen LogP contribution in [-0.4, -0.2) is 11.6 Å². The molecule has 0 atom stereocenters. The molecule has 1 aromatic carbocycles. The molecule has 29 heavy (non-hydrogen) atoms.